The van der Waals surface area contributed by atoms with Gasteiger partial charge in [0, 0.05) is 57.5 Å². The standard InChI is InChI=1S/C29H22N6O/c1-19-15-25(11-13-31-19)33-22-6-8-23(9-7-22)35-29(36)21-3-2-4-24(17-21)34-28-12-14-32-27-10-5-20(18-30)16-26(27)28/h2-17H,1H3,(H,31,33)(H,32,34)(H,35,36). The lowest BCUT2D eigenvalue weighted by atomic mass is 10.1. The van der Waals surface area contributed by atoms with Gasteiger partial charge in [-0.1, -0.05) is 6.07 Å². The smallest absolute Gasteiger partial charge is 0.255 e. The second-order valence-electron chi connectivity index (χ2n) is 8.25. The Balaban J connectivity index is 1.29. The fraction of sp³-hybridized carbons (Fsp3) is 0.0345. The van der Waals surface area contributed by atoms with Gasteiger partial charge in [-0.25, -0.2) is 0 Å². The van der Waals surface area contributed by atoms with Crippen molar-refractivity contribution in [3.8, 4) is 6.07 Å². The molecule has 0 atom stereocenters. The van der Waals surface area contributed by atoms with Gasteiger partial charge in [0.25, 0.3) is 5.91 Å². The Morgan fingerprint density at radius 2 is 1.56 bits per heavy atom. The van der Waals surface area contributed by atoms with E-state index in [2.05, 4.69) is 32.0 Å². The van der Waals surface area contributed by atoms with Crippen LogP contribution in [-0.2, 0) is 0 Å². The maximum Gasteiger partial charge on any atom is 0.255 e. The zero-order valence-electron chi connectivity index (χ0n) is 19.5. The highest BCUT2D eigenvalue weighted by Gasteiger charge is 2.09. The summed E-state index contributed by atoms with van der Waals surface area (Å²) in [4.78, 5) is 21.5. The zero-order chi connectivity index (χ0) is 24.9. The second kappa shape index (κ2) is 9.95. The number of hydrogen-bond acceptors (Lipinski definition) is 6. The van der Waals surface area contributed by atoms with E-state index in [9.17, 15) is 10.1 Å². The monoisotopic (exact) mass is 470 g/mol. The number of amides is 1. The number of aromatic nitrogens is 2. The first-order chi connectivity index (χ1) is 17.6. The summed E-state index contributed by atoms with van der Waals surface area (Å²) in [5.41, 5.74) is 6.91. The van der Waals surface area contributed by atoms with Crippen LogP contribution < -0.4 is 16.0 Å². The van der Waals surface area contributed by atoms with Crippen molar-refractivity contribution in [2.24, 2.45) is 0 Å². The molecule has 0 spiro atoms. The van der Waals surface area contributed by atoms with E-state index in [0.717, 1.165) is 39.3 Å². The maximum absolute atomic E-state index is 12.9. The SMILES string of the molecule is Cc1cc(Nc2ccc(NC(=O)c3cccc(Nc4ccnc5ccc(C#N)cc45)c3)cc2)ccn1. The number of hydrogen-bond donors (Lipinski definition) is 3. The lowest BCUT2D eigenvalue weighted by Crippen LogP contribution is -2.12. The molecule has 7 heteroatoms. The zero-order valence-corrected chi connectivity index (χ0v) is 19.5. The first kappa shape index (κ1) is 22.6. The van der Waals surface area contributed by atoms with Crippen LogP contribution in [0.5, 0.6) is 0 Å². The Kier molecular flexibility index (Phi) is 6.24. The van der Waals surface area contributed by atoms with E-state index in [-0.39, 0.29) is 5.91 Å². The van der Waals surface area contributed by atoms with E-state index in [1.54, 1.807) is 36.7 Å². The highest BCUT2D eigenvalue weighted by atomic mass is 16.1. The van der Waals surface area contributed by atoms with Gasteiger partial charge in [0.05, 0.1) is 17.1 Å². The summed E-state index contributed by atoms with van der Waals surface area (Å²) < 4.78 is 0. The van der Waals surface area contributed by atoms with E-state index < -0.39 is 0 Å². The molecule has 0 aliphatic heterocycles. The van der Waals surface area contributed by atoms with Crippen LogP contribution in [0.3, 0.4) is 0 Å². The highest BCUT2D eigenvalue weighted by molar-refractivity contribution is 6.05. The quantitative estimate of drug-likeness (QED) is 0.260. The summed E-state index contributed by atoms with van der Waals surface area (Å²) >= 11 is 0. The molecule has 5 rings (SSSR count). The van der Waals surface area contributed by atoms with Crippen molar-refractivity contribution in [2.45, 2.75) is 6.92 Å². The van der Waals surface area contributed by atoms with Crippen molar-refractivity contribution in [1.82, 2.24) is 9.97 Å². The summed E-state index contributed by atoms with van der Waals surface area (Å²) in [6.07, 6.45) is 3.47. The molecule has 0 saturated heterocycles. The molecule has 2 heterocycles. The van der Waals surface area contributed by atoms with Crippen molar-refractivity contribution < 1.29 is 4.79 Å². The van der Waals surface area contributed by atoms with Crippen molar-refractivity contribution in [1.29, 1.82) is 5.26 Å². The average Bonchev–Trinajstić information content (AvgIpc) is 2.90. The van der Waals surface area contributed by atoms with Crippen LogP contribution in [0.2, 0.25) is 0 Å². The van der Waals surface area contributed by atoms with Gasteiger partial charge in [-0.3, -0.25) is 14.8 Å². The number of rotatable bonds is 6. The highest BCUT2D eigenvalue weighted by Crippen LogP contribution is 2.27. The molecule has 1 amide bonds. The number of aryl methyl sites for hydroxylation is 1. The summed E-state index contributed by atoms with van der Waals surface area (Å²) in [5.74, 6) is -0.213. The summed E-state index contributed by atoms with van der Waals surface area (Å²) in [6, 6.07) is 28.0. The fourth-order valence-corrected chi connectivity index (χ4v) is 3.85. The first-order valence-corrected chi connectivity index (χ1v) is 11.3. The van der Waals surface area contributed by atoms with E-state index in [1.807, 2.05) is 67.6 Å². The van der Waals surface area contributed by atoms with Gasteiger partial charge in [-0.15, -0.1) is 0 Å². The first-order valence-electron chi connectivity index (χ1n) is 11.3. The van der Waals surface area contributed by atoms with E-state index >= 15 is 0 Å². The van der Waals surface area contributed by atoms with Crippen LogP contribution in [0.25, 0.3) is 10.9 Å². The predicted octanol–water partition coefficient (Wildman–Crippen LogP) is 6.55. The number of anilines is 5. The third kappa shape index (κ3) is 5.13. The maximum atomic E-state index is 12.9. The third-order valence-electron chi connectivity index (χ3n) is 5.60. The molecule has 0 unspecified atom stereocenters. The summed E-state index contributed by atoms with van der Waals surface area (Å²) in [5, 5.41) is 19.7. The van der Waals surface area contributed by atoms with E-state index in [0.29, 0.717) is 16.8 Å². The number of benzene rings is 3. The Hall–Kier alpha value is -5.22. The largest absolute Gasteiger partial charge is 0.355 e. The van der Waals surface area contributed by atoms with Gasteiger partial charge in [0.15, 0.2) is 0 Å². The average molecular weight is 471 g/mol. The molecule has 0 aliphatic rings. The molecule has 3 N–H and O–H groups in total. The molecule has 0 bridgehead atoms. The van der Waals surface area contributed by atoms with Crippen LogP contribution in [0.4, 0.5) is 28.4 Å². The van der Waals surface area contributed by atoms with Crippen molar-refractivity contribution in [3.63, 3.8) is 0 Å². The van der Waals surface area contributed by atoms with Crippen LogP contribution in [-0.4, -0.2) is 15.9 Å². The minimum atomic E-state index is -0.213. The molecule has 0 radical (unpaired) electrons. The van der Waals surface area contributed by atoms with Gasteiger partial charge >= 0.3 is 0 Å². The van der Waals surface area contributed by atoms with E-state index in [4.69, 9.17) is 0 Å². The number of nitriles is 1. The minimum absolute atomic E-state index is 0.213. The van der Waals surface area contributed by atoms with Crippen LogP contribution in [0.1, 0.15) is 21.6 Å². The minimum Gasteiger partial charge on any atom is -0.355 e. The normalized spacial score (nSPS) is 10.4. The molecule has 174 valence electrons. The van der Waals surface area contributed by atoms with Gasteiger partial charge in [-0.2, -0.15) is 5.26 Å². The van der Waals surface area contributed by atoms with Gasteiger partial charge in [0.1, 0.15) is 0 Å². The Morgan fingerprint density at radius 3 is 2.36 bits per heavy atom. The number of carbonyl (C=O) groups is 1. The number of nitrogens with one attached hydrogen (secondary N) is 3. The molecule has 0 aliphatic carbocycles. The number of nitrogens with zero attached hydrogens (tertiary/aromatic N) is 3. The number of fused-ring (bicyclic) bond motifs is 1. The molecule has 2 aromatic heterocycles. The van der Waals surface area contributed by atoms with Crippen molar-refractivity contribution >= 4 is 45.2 Å². The van der Waals surface area contributed by atoms with Crippen LogP contribution in [0.15, 0.2) is 97.3 Å². The topological polar surface area (TPSA) is 103 Å². The molecule has 0 fully saturated rings. The summed E-state index contributed by atoms with van der Waals surface area (Å²) in [6.45, 7) is 1.94. The lowest BCUT2D eigenvalue weighted by molar-refractivity contribution is 0.102. The van der Waals surface area contributed by atoms with Crippen LogP contribution >= 0.6 is 0 Å². The molecular weight excluding hydrogens is 448 g/mol. The molecule has 3 aromatic carbocycles. The van der Waals surface area contributed by atoms with Crippen molar-refractivity contribution in [3.05, 3.63) is 114 Å². The lowest BCUT2D eigenvalue weighted by Gasteiger charge is -2.12. The predicted molar refractivity (Wildman–Crippen MR) is 143 cm³/mol. The molecular formula is C29H22N6O. The molecule has 7 nitrogen and oxygen atoms in total. The fourth-order valence-electron chi connectivity index (χ4n) is 3.85. The van der Waals surface area contributed by atoms with Gasteiger partial charge < -0.3 is 16.0 Å². The van der Waals surface area contributed by atoms with Crippen LogP contribution in [0, 0.1) is 18.3 Å². The molecule has 36 heavy (non-hydrogen) atoms. The number of carbonyl (C=O) groups excluding carboxylic acids is 1. The van der Waals surface area contributed by atoms with Gasteiger partial charge in [-0.05, 0) is 85.8 Å². The number of pyridine rings is 2. The second-order valence-corrected chi connectivity index (χ2v) is 8.25. The third-order valence-corrected chi connectivity index (χ3v) is 5.60. The Bertz CT molecular complexity index is 1610. The Labute approximate surface area is 208 Å². The van der Waals surface area contributed by atoms with Gasteiger partial charge in [0.2, 0.25) is 0 Å². The molecule has 5 aromatic rings. The Morgan fingerprint density at radius 1 is 0.778 bits per heavy atom. The van der Waals surface area contributed by atoms with E-state index in [1.165, 1.54) is 0 Å². The summed E-state index contributed by atoms with van der Waals surface area (Å²) in [7, 11) is 0. The van der Waals surface area contributed by atoms with Crippen molar-refractivity contribution in [2.75, 3.05) is 16.0 Å². The molecule has 0 saturated carbocycles.